The molecule has 1 rings (SSSR count). The lowest BCUT2D eigenvalue weighted by Crippen LogP contribution is -2.03. The molecule has 0 atom stereocenters. The largest absolute Gasteiger partial charge is 0.507 e. The lowest BCUT2D eigenvalue weighted by Gasteiger charge is -2.13. The summed E-state index contributed by atoms with van der Waals surface area (Å²) in [6.45, 7) is 7.30. The monoisotopic (exact) mass is 292 g/mol. The molecule has 1 aromatic carbocycles. The molecule has 0 aliphatic rings. The predicted molar refractivity (Wildman–Crippen MR) is 79.6 cm³/mol. The highest BCUT2D eigenvalue weighted by molar-refractivity contribution is 5.99. The molecule has 1 N–H and O–H groups in total. The van der Waals surface area contributed by atoms with Gasteiger partial charge in [-0.15, -0.1) is 0 Å². The van der Waals surface area contributed by atoms with E-state index in [1.165, 1.54) is 25.1 Å². The molecule has 0 saturated heterocycles. The molecule has 21 heavy (non-hydrogen) atoms. The molecule has 0 saturated carbocycles. The van der Waals surface area contributed by atoms with Crippen molar-refractivity contribution in [1.82, 2.24) is 0 Å². The number of phenols is 1. The maximum absolute atomic E-state index is 11.5. The summed E-state index contributed by atoms with van der Waals surface area (Å²) < 4.78 is 10.3. The standard InChI is InChI=1S/C16H20O5/c1-5-20-15-9-14(18)13(11(4)17)8-12(15)10(3)7-16(19)21-6-2/h7-9,18H,5-6H2,1-4H3/b10-7+. The van der Waals surface area contributed by atoms with Crippen molar-refractivity contribution in [3.8, 4) is 11.5 Å². The molecule has 114 valence electrons. The Kier molecular flexibility index (Phi) is 5.96. The topological polar surface area (TPSA) is 72.8 Å². The average Bonchev–Trinajstić information content (AvgIpc) is 2.38. The van der Waals surface area contributed by atoms with E-state index in [0.29, 0.717) is 23.5 Å². The van der Waals surface area contributed by atoms with Crippen LogP contribution >= 0.6 is 0 Å². The van der Waals surface area contributed by atoms with Gasteiger partial charge in [0, 0.05) is 17.7 Å². The Bertz CT molecular complexity index is 572. The first-order valence-corrected chi connectivity index (χ1v) is 6.76. The third-order valence-corrected chi connectivity index (χ3v) is 2.82. The zero-order valence-corrected chi connectivity index (χ0v) is 12.7. The van der Waals surface area contributed by atoms with Crippen LogP contribution in [0.15, 0.2) is 18.2 Å². The Morgan fingerprint density at radius 1 is 1.14 bits per heavy atom. The molecule has 0 aromatic heterocycles. The normalized spacial score (nSPS) is 11.1. The lowest BCUT2D eigenvalue weighted by molar-refractivity contribution is -0.137. The van der Waals surface area contributed by atoms with Crippen molar-refractivity contribution < 1.29 is 24.2 Å². The Morgan fingerprint density at radius 2 is 1.81 bits per heavy atom. The number of carbonyl (C=O) groups is 2. The van der Waals surface area contributed by atoms with E-state index in [-0.39, 0.29) is 23.7 Å². The van der Waals surface area contributed by atoms with Crippen LogP contribution in [0.2, 0.25) is 0 Å². The highest BCUT2D eigenvalue weighted by atomic mass is 16.5. The summed E-state index contributed by atoms with van der Waals surface area (Å²) in [7, 11) is 0. The van der Waals surface area contributed by atoms with Crippen molar-refractivity contribution in [2.45, 2.75) is 27.7 Å². The Hall–Kier alpha value is -2.30. The van der Waals surface area contributed by atoms with E-state index >= 15 is 0 Å². The quantitative estimate of drug-likeness (QED) is 0.496. The molecule has 0 amide bonds. The molecule has 0 bridgehead atoms. The van der Waals surface area contributed by atoms with Gasteiger partial charge in [-0.3, -0.25) is 4.79 Å². The number of Topliss-reactive ketones (excluding diaryl/α,β-unsaturated/α-hetero) is 1. The Balaban J connectivity index is 3.33. The van der Waals surface area contributed by atoms with E-state index in [1.54, 1.807) is 13.8 Å². The zero-order valence-electron chi connectivity index (χ0n) is 12.7. The molecule has 5 nitrogen and oxygen atoms in total. The molecule has 1 aromatic rings. The summed E-state index contributed by atoms with van der Waals surface area (Å²) in [6.07, 6.45) is 1.34. The molecule has 5 heteroatoms. The van der Waals surface area contributed by atoms with Gasteiger partial charge in [0.15, 0.2) is 5.78 Å². The van der Waals surface area contributed by atoms with E-state index in [2.05, 4.69) is 0 Å². The number of phenolic OH excluding ortho intramolecular Hbond substituents is 1. The van der Waals surface area contributed by atoms with Crippen molar-refractivity contribution in [2.24, 2.45) is 0 Å². The first-order chi connectivity index (χ1) is 9.90. The van der Waals surface area contributed by atoms with Crippen LogP contribution in [0.25, 0.3) is 5.57 Å². The number of ketones is 1. The fourth-order valence-electron chi connectivity index (χ4n) is 1.87. The average molecular weight is 292 g/mol. The smallest absolute Gasteiger partial charge is 0.331 e. The minimum absolute atomic E-state index is 0.140. The third-order valence-electron chi connectivity index (χ3n) is 2.82. The summed E-state index contributed by atoms with van der Waals surface area (Å²) >= 11 is 0. The van der Waals surface area contributed by atoms with Gasteiger partial charge in [-0.25, -0.2) is 4.79 Å². The second kappa shape index (κ2) is 7.47. The van der Waals surface area contributed by atoms with E-state index in [1.807, 2.05) is 6.92 Å². The van der Waals surface area contributed by atoms with Crippen LogP contribution < -0.4 is 4.74 Å². The van der Waals surface area contributed by atoms with E-state index < -0.39 is 5.97 Å². The van der Waals surface area contributed by atoms with E-state index in [4.69, 9.17) is 9.47 Å². The number of hydrogen-bond acceptors (Lipinski definition) is 5. The zero-order chi connectivity index (χ0) is 16.0. The van der Waals surface area contributed by atoms with Crippen molar-refractivity contribution >= 4 is 17.3 Å². The summed E-state index contributed by atoms with van der Waals surface area (Å²) in [4.78, 5) is 23.0. The van der Waals surface area contributed by atoms with Crippen molar-refractivity contribution in [1.29, 1.82) is 0 Å². The van der Waals surface area contributed by atoms with Crippen LogP contribution in [-0.4, -0.2) is 30.1 Å². The summed E-state index contributed by atoms with van der Waals surface area (Å²) in [5, 5.41) is 9.85. The van der Waals surface area contributed by atoms with Gasteiger partial charge in [-0.2, -0.15) is 0 Å². The predicted octanol–water partition coefficient (Wildman–Crippen LogP) is 2.96. The number of esters is 1. The minimum atomic E-state index is -0.463. The van der Waals surface area contributed by atoms with E-state index in [9.17, 15) is 14.7 Å². The second-order valence-corrected chi connectivity index (χ2v) is 4.43. The Labute approximate surface area is 124 Å². The van der Waals surface area contributed by atoms with Crippen LogP contribution in [0.4, 0.5) is 0 Å². The van der Waals surface area contributed by atoms with Gasteiger partial charge < -0.3 is 14.6 Å². The van der Waals surface area contributed by atoms with Crippen LogP contribution in [0.5, 0.6) is 11.5 Å². The van der Waals surface area contributed by atoms with Crippen LogP contribution in [-0.2, 0) is 9.53 Å². The molecule has 0 aliphatic carbocycles. The number of carbonyl (C=O) groups excluding carboxylic acids is 2. The SMILES string of the molecule is CCOC(=O)/C=C(\C)c1cc(C(C)=O)c(O)cc1OCC. The van der Waals surface area contributed by atoms with Gasteiger partial charge in [-0.1, -0.05) is 0 Å². The first kappa shape index (κ1) is 16.8. The maximum Gasteiger partial charge on any atom is 0.331 e. The number of allylic oxidation sites excluding steroid dienone is 1. The van der Waals surface area contributed by atoms with Gasteiger partial charge in [0.2, 0.25) is 0 Å². The highest BCUT2D eigenvalue weighted by Crippen LogP contribution is 2.33. The number of rotatable bonds is 6. The Morgan fingerprint density at radius 3 is 2.33 bits per heavy atom. The summed E-state index contributed by atoms with van der Waals surface area (Å²) in [5.41, 5.74) is 1.36. The molecule has 0 fully saturated rings. The van der Waals surface area contributed by atoms with Crippen LogP contribution in [0, 0.1) is 0 Å². The fourth-order valence-corrected chi connectivity index (χ4v) is 1.87. The number of hydrogen-bond donors (Lipinski definition) is 1. The summed E-state index contributed by atoms with van der Waals surface area (Å²) in [5.74, 6) is -0.452. The molecule has 0 spiro atoms. The van der Waals surface area contributed by atoms with Gasteiger partial charge >= 0.3 is 5.97 Å². The van der Waals surface area contributed by atoms with Crippen molar-refractivity contribution in [2.75, 3.05) is 13.2 Å². The van der Waals surface area contributed by atoms with Gasteiger partial charge in [0.25, 0.3) is 0 Å². The molecule has 0 radical (unpaired) electrons. The number of aromatic hydroxyl groups is 1. The maximum atomic E-state index is 11.5. The number of ether oxygens (including phenoxy) is 2. The second-order valence-electron chi connectivity index (χ2n) is 4.43. The first-order valence-electron chi connectivity index (χ1n) is 6.76. The van der Waals surface area contributed by atoms with E-state index in [0.717, 1.165) is 0 Å². The van der Waals surface area contributed by atoms with Gasteiger partial charge in [0.1, 0.15) is 11.5 Å². The fraction of sp³-hybridized carbons (Fsp3) is 0.375. The number of benzene rings is 1. The van der Waals surface area contributed by atoms with Crippen molar-refractivity contribution in [3.05, 3.63) is 29.3 Å². The highest BCUT2D eigenvalue weighted by Gasteiger charge is 2.15. The van der Waals surface area contributed by atoms with Crippen molar-refractivity contribution in [3.63, 3.8) is 0 Å². The van der Waals surface area contributed by atoms with Gasteiger partial charge in [-0.05, 0) is 39.3 Å². The molecular weight excluding hydrogens is 272 g/mol. The third kappa shape index (κ3) is 4.34. The molecular formula is C16H20O5. The lowest BCUT2D eigenvalue weighted by atomic mass is 10.00. The molecule has 0 unspecified atom stereocenters. The van der Waals surface area contributed by atoms with Crippen LogP contribution in [0.1, 0.15) is 43.6 Å². The summed E-state index contributed by atoms with van der Waals surface area (Å²) in [6, 6.07) is 2.91. The molecule has 0 heterocycles. The minimum Gasteiger partial charge on any atom is -0.507 e. The van der Waals surface area contributed by atoms with Crippen LogP contribution in [0.3, 0.4) is 0 Å². The molecule has 0 aliphatic heterocycles. The van der Waals surface area contributed by atoms with Gasteiger partial charge in [0.05, 0.1) is 18.8 Å².